The van der Waals surface area contributed by atoms with Crippen molar-refractivity contribution in [3.8, 4) is 0 Å². The predicted molar refractivity (Wildman–Crippen MR) is 96.2 cm³/mol. The van der Waals surface area contributed by atoms with Crippen LogP contribution in [0.1, 0.15) is 60.8 Å². The zero-order valence-corrected chi connectivity index (χ0v) is 15.8. The van der Waals surface area contributed by atoms with E-state index in [1.165, 1.54) is 12.8 Å². The largest absolute Gasteiger partial charge is 0.355 e. The highest BCUT2D eigenvalue weighted by atomic mass is 16.1. The van der Waals surface area contributed by atoms with Crippen LogP contribution in [0.15, 0.2) is 0 Å². The number of carbonyl (C=O) groups excluding carboxylic acids is 2. The third-order valence-corrected chi connectivity index (χ3v) is 2.48. The first-order chi connectivity index (χ1) is 10.4. The number of rotatable bonds is 10. The predicted octanol–water partition coefficient (Wildman–Crippen LogP) is 2.36. The van der Waals surface area contributed by atoms with E-state index in [0.717, 1.165) is 25.2 Å². The highest BCUT2D eigenvalue weighted by Gasteiger charge is 1.97. The maximum absolute atomic E-state index is 11.0. The van der Waals surface area contributed by atoms with Gasteiger partial charge in [0.2, 0.25) is 5.91 Å². The fraction of sp³-hybridized carbons (Fsp3) is 0.882. The molecule has 0 atom stereocenters. The number of unbranched alkanes of at least 4 members (excludes halogenated alkanes) is 1. The molecule has 0 aliphatic carbocycles. The molecule has 0 aromatic carbocycles. The van der Waals surface area contributed by atoms with E-state index in [2.05, 4.69) is 29.8 Å². The molecule has 5 heteroatoms. The summed E-state index contributed by atoms with van der Waals surface area (Å²) in [5.41, 5.74) is 0. The number of carbonyl (C=O) groups is 2. The van der Waals surface area contributed by atoms with Crippen molar-refractivity contribution >= 4 is 12.2 Å². The van der Waals surface area contributed by atoms with Gasteiger partial charge in [0.15, 0.2) is 0 Å². The van der Waals surface area contributed by atoms with Crippen LogP contribution in [-0.2, 0) is 9.59 Å². The molecular formula is C17H39N3O2. The number of hydrogen-bond acceptors (Lipinski definition) is 4. The van der Waals surface area contributed by atoms with E-state index >= 15 is 0 Å². The second kappa shape index (κ2) is 22.3. The van der Waals surface area contributed by atoms with Crippen LogP contribution in [0.3, 0.4) is 0 Å². The molecule has 5 nitrogen and oxygen atoms in total. The van der Waals surface area contributed by atoms with Crippen LogP contribution in [0.25, 0.3) is 0 Å². The molecule has 0 aromatic rings. The SMILES string of the molecule is CC.CC(C)NCC=O.CNCC(=O)NCCCCC(C)C. The molecule has 0 fully saturated rings. The van der Waals surface area contributed by atoms with Crippen molar-refractivity contribution in [3.63, 3.8) is 0 Å². The summed E-state index contributed by atoms with van der Waals surface area (Å²) in [5.74, 6) is 0.861. The molecule has 3 N–H and O–H groups in total. The molecule has 134 valence electrons. The summed E-state index contributed by atoms with van der Waals surface area (Å²) in [6.45, 7) is 14.2. The van der Waals surface area contributed by atoms with Gasteiger partial charge in [0.25, 0.3) is 0 Å². The summed E-state index contributed by atoms with van der Waals surface area (Å²) in [6, 6.07) is 0.421. The quantitative estimate of drug-likeness (QED) is 0.427. The summed E-state index contributed by atoms with van der Waals surface area (Å²) in [5, 5.41) is 8.60. The second-order valence-corrected chi connectivity index (χ2v) is 5.50. The molecule has 0 rings (SSSR count). The van der Waals surface area contributed by atoms with Crippen molar-refractivity contribution < 1.29 is 9.59 Å². The summed E-state index contributed by atoms with van der Waals surface area (Å²) in [4.78, 5) is 20.6. The minimum atomic E-state index is 0.0899. The Bertz CT molecular complexity index is 232. The van der Waals surface area contributed by atoms with E-state index in [1.54, 1.807) is 7.05 Å². The molecule has 0 unspecified atom stereocenters. The summed E-state index contributed by atoms with van der Waals surface area (Å²) in [7, 11) is 1.78. The topological polar surface area (TPSA) is 70.2 Å². The van der Waals surface area contributed by atoms with E-state index < -0.39 is 0 Å². The van der Waals surface area contributed by atoms with Crippen LogP contribution in [0, 0.1) is 5.92 Å². The lowest BCUT2D eigenvalue weighted by molar-refractivity contribution is -0.120. The molecule has 0 aliphatic rings. The maximum Gasteiger partial charge on any atom is 0.233 e. The van der Waals surface area contributed by atoms with Gasteiger partial charge in [-0.2, -0.15) is 0 Å². The summed E-state index contributed by atoms with van der Waals surface area (Å²) in [6.07, 6.45) is 4.41. The van der Waals surface area contributed by atoms with Gasteiger partial charge in [-0.25, -0.2) is 0 Å². The fourth-order valence-corrected chi connectivity index (χ4v) is 1.41. The zero-order chi connectivity index (χ0) is 17.8. The van der Waals surface area contributed by atoms with Crippen LogP contribution in [-0.4, -0.2) is 44.9 Å². The first-order valence-electron chi connectivity index (χ1n) is 8.52. The Kier molecular flexibility index (Phi) is 26.4. The number of amides is 1. The van der Waals surface area contributed by atoms with E-state index in [4.69, 9.17) is 0 Å². The van der Waals surface area contributed by atoms with E-state index in [0.29, 0.717) is 19.1 Å². The van der Waals surface area contributed by atoms with Crippen LogP contribution in [0.4, 0.5) is 0 Å². The number of aldehydes is 1. The normalized spacial score (nSPS) is 9.50. The molecule has 1 amide bonds. The van der Waals surface area contributed by atoms with Crippen LogP contribution < -0.4 is 16.0 Å². The second-order valence-electron chi connectivity index (χ2n) is 5.50. The van der Waals surface area contributed by atoms with Crippen molar-refractivity contribution in [2.24, 2.45) is 5.92 Å². The molecule has 0 radical (unpaired) electrons. The van der Waals surface area contributed by atoms with Gasteiger partial charge in [0.1, 0.15) is 6.29 Å². The Morgan fingerprint density at radius 2 is 1.68 bits per heavy atom. The van der Waals surface area contributed by atoms with Gasteiger partial charge in [-0.05, 0) is 19.4 Å². The Hall–Kier alpha value is -0.940. The monoisotopic (exact) mass is 317 g/mol. The molecule has 0 spiro atoms. The van der Waals surface area contributed by atoms with E-state index in [9.17, 15) is 9.59 Å². The van der Waals surface area contributed by atoms with Gasteiger partial charge in [-0.3, -0.25) is 4.79 Å². The Labute approximate surface area is 138 Å². The highest BCUT2D eigenvalue weighted by molar-refractivity contribution is 5.77. The highest BCUT2D eigenvalue weighted by Crippen LogP contribution is 2.04. The molecule has 0 heterocycles. The van der Waals surface area contributed by atoms with Crippen molar-refractivity contribution in [3.05, 3.63) is 0 Å². The molecule has 22 heavy (non-hydrogen) atoms. The van der Waals surface area contributed by atoms with Gasteiger partial charge >= 0.3 is 0 Å². The average Bonchev–Trinajstić information content (AvgIpc) is 2.47. The van der Waals surface area contributed by atoms with Crippen LogP contribution in [0.2, 0.25) is 0 Å². The smallest absolute Gasteiger partial charge is 0.233 e. The lowest BCUT2D eigenvalue weighted by Gasteiger charge is -2.05. The molecule has 0 bridgehead atoms. The maximum atomic E-state index is 11.0. The van der Waals surface area contributed by atoms with Gasteiger partial charge in [0.05, 0.1) is 13.1 Å². The summed E-state index contributed by atoms with van der Waals surface area (Å²) >= 11 is 0. The van der Waals surface area contributed by atoms with Crippen LogP contribution >= 0.6 is 0 Å². The fourth-order valence-electron chi connectivity index (χ4n) is 1.41. The molecular weight excluding hydrogens is 278 g/mol. The van der Waals surface area contributed by atoms with Gasteiger partial charge in [-0.1, -0.05) is 54.4 Å². The Morgan fingerprint density at radius 1 is 1.09 bits per heavy atom. The van der Waals surface area contributed by atoms with E-state index in [-0.39, 0.29) is 5.91 Å². The molecule has 0 aliphatic heterocycles. The molecule has 0 saturated carbocycles. The van der Waals surface area contributed by atoms with Crippen molar-refractivity contribution in [2.45, 2.75) is 66.8 Å². The van der Waals surface area contributed by atoms with E-state index in [1.807, 2.05) is 27.7 Å². The van der Waals surface area contributed by atoms with Gasteiger partial charge in [0, 0.05) is 12.6 Å². The lowest BCUT2D eigenvalue weighted by atomic mass is 10.1. The number of hydrogen-bond donors (Lipinski definition) is 3. The van der Waals surface area contributed by atoms with Crippen molar-refractivity contribution in [1.82, 2.24) is 16.0 Å². The first-order valence-corrected chi connectivity index (χ1v) is 8.52. The third kappa shape index (κ3) is 31.4. The first kappa shape index (κ1) is 26.0. The third-order valence-electron chi connectivity index (χ3n) is 2.48. The Morgan fingerprint density at radius 3 is 2.05 bits per heavy atom. The minimum Gasteiger partial charge on any atom is -0.355 e. The molecule has 0 aromatic heterocycles. The van der Waals surface area contributed by atoms with Crippen molar-refractivity contribution in [2.75, 3.05) is 26.7 Å². The number of likely N-dealkylation sites (N-methyl/N-ethyl adjacent to an activating group) is 1. The molecule has 0 saturated heterocycles. The Balaban J connectivity index is -0.000000339. The average molecular weight is 318 g/mol. The minimum absolute atomic E-state index is 0.0899. The summed E-state index contributed by atoms with van der Waals surface area (Å²) < 4.78 is 0. The standard InChI is InChI=1S/C10H22N2O.C5H11NO.C2H6/c1-9(2)6-4-5-7-12-10(13)8-11-3;1-5(2)6-3-4-7;1-2/h9,11H,4-8H2,1-3H3,(H,12,13);4-6H,3H2,1-2H3;1-2H3. The van der Waals surface area contributed by atoms with Gasteiger partial charge in [-0.15, -0.1) is 0 Å². The van der Waals surface area contributed by atoms with Gasteiger partial charge < -0.3 is 20.7 Å². The zero-order valence-electron chi connectivity index (χ0n) is 15.8. The van der Waals surface area contributed by atoms with Crippen molar-refractivity contribution in [1.29, 1.82) is 0 Å². The lowest BCUT2D eigenvalue weighted by Crippen LogP contribution is -2.32. The van der Waals surface area contributed by atoms with Crippen LogP contribution in [0.5, 0.6) is 0 Å². The number of nitrogens with one attached hydrogen (secondary N) is 3.